The van der Waals surface area contributed by atoms with Crippen LogP contribution in [0.4, 0.5) is 4.39 Å². The number of ketones is 1. The molecule has 4 aromatic rings. The van der Waals surface area contributed by atoms with Crippen molar-refractivity contribution < 1.29 is 19.0 Å². The van der Waals surface area contributed by atoms with Gasteiger partial charge in [-0.2, -0.15) is 0 Å². The molecule has 1 aromatic heterocycles. The Bertz CT molecular complexity index is 1210. The van der Waals surface area contributed by atoms with Crippen molar-refractivity contribution in [1.29, 1.82) is 0 Å². The molecular formula is C25H22FN3O3S. The molecule has 1 atom stereocenters. The summed E-state index contributed by atoms with van der Waals surface area (Å²) in [7, 11) is 0. The summed E-state index contributed by atoms with van der Waals surface area (Å²) in [5.41, 5.74) is 2.20. The molecular weight excluding hydrogens is 441 g/mol. The highest BCUT2D eigenvalue weighted by atomic mass is 32.2. The Balaban J connectivity index is 1.46. The summed E-state index contributed by atoms with van der Waals surface area (Å²) in [6.45, 7) is 1.59. The van der Waals surface area contributed by atoms with Crippen LogP contribution in [0.3, 0.4) is 0 Å². The fourth-order valence-corrected chi connectivity index (χ4v) is 4.01. The van der Waals surface area contributed by atoms with Gasteiger partial charge in [0.1, 0.15) is 18.2 Å². The lowest BCUT2D eigenvalue weighted by molar-refractivity contribution is 0.101. The van der Waals surface area contributed by atoms with Crippen molar-refractivity contribution in [2.24, 2.45) is 0 Å². The van der Waals surface area contributed by atoms with E-state index >= 15 is 0 Å². The van der Waals surface area contributed by atoms with Crippen LogP contribution in [0.2, 0.25) is 0 Å². The Morgan fingerprint density at radius 3 is 2.39 bits per heavy atom. The first-order valence-electron chi connectivity index (χ1n) is 10.3. The number of thioether (sulfide) groups is 1. The van der Waals surface area contributed by atoms with Gasteiger partial charge in [-0.15, -0.1) is 10.2 Å². The number of nitrogens with zero attached hydrogens (tertiary/aromatic N) is 3. The number of hydrogen-bond acceptors (Lipinski definition) is 6. The van der Waals surface area contributed by atoms with E-state index in [-0.39, 0.29) is 18.2 Å². The lowest BCUT2D eigenvalue weighted by Crippen LogP contribution is -2.20. The van der Waals surface area contributed by atoms with Crippen LogP contribution in [0.15, 0.2) is 84.0 Å². The van der Waals surface area contributed by atoms with Crippen LogP contribution in [0.1, 0.15) is 17.3 Å². The zero-order chi connectivity index (χ0) is 23.2. The molecule has 0 aliphatic rings. The summed E-state index contributed by atoms with van der Waals surface area (Å²) in [6.07, 6.45) is -0.763. The highest BCUT2D eigenvalue weighted by molar-refractivity contribution is 7.99. The summed E-state index contributed by atoms with van der Waals surface area (Å²) >= 11 is 1.33. The van der Waals surface area contributed by atoms with Crippen molar-refractivity contribution in [2.75, 3.05) is 12.4 Å². The van der Waals surface area contributed by atoms with Crippen molar-refractivity contribution in [2.45, 2.75) is 18.2 Å². The summed E-state index contributed by atoms with van der Waals surface area (Å²) in [4.78, 5) is 11.4. The summed E-state index contributed by atoms with van der Waals surface area (Å²) in [5.74, 6) is 1.18. The molecule has 6 nitrogen and oxygen atoms in total. The first kappa shape index (κ1) is 22.7. The normalized spacial score (nSPS) is 11.8. The van der Waals surface area contributed by atoms with Crippen molar-refractivity contribution in [1.82, 2.24) is 14.8 Å². The monoisotopic (exact) mass is 463 g/mol. The number of Topliss-reactive ketones (excluding diaryl/α,β-unsaturated/α-hetero) is 1. The molecule has 33 heavy (non-hydrogen) atoms. The van der Waals surface area contributed by atoms with Gasteiger partial charge < -0.3 is 9.84 Å². The van der Waals surface area contributed by atoms with E-state index in [9.17, 15) is 14.3 Å². The molecule has 0 radical (unpaired) electrons. The number of ether oxygens (including phenoxy) is 1. The number of rotatable bonds is 9. The van der Waals surface area contributed by atoms with Gasteiger partial charge in [0.25, 0.3) is 0 Å². The number of halogens is 1. The molecule has 0 aliphatic heterocycles. The molecule has 0 bridgehead atoms. The van der Waals surface area contributed by atoms with Crippen LogP contribution < -0.4 is 4.74 Å². The number of aliphatic hydroxyl groups is 1. The van der Waals surface area contributed by atoms with Gasteiger partial charge in [0.05, 0.1) is 6.10 Å². The van der Waals surface area contributed by atoms with E-state index < -0.39 is 6.10 Å². The minimum Gasteiger partial charge on any atom is -0.491 e. The van der Waals surface area contributed by atoms with Gasteiger partial charge in [-0.1, -0.05) is 42.1 Å². The largest absolute Gasteiger partial charge is 0.491 e. The first-order valence-corrected chi connectivity index (χ1v) is 11.3. The predicted molar refractivity (Wildman–Crippen MR) is 125 cm³/mol. The van der Waals surface area contributed by atoms with Crippen LogP contribution in [-0.2, 0) is 0 Å². The molecule has 0 amide bonds. The Hall–Kier alpha value is -3.49. The van der Waals surface area contributed by atoms with E-state index in [1.165, 1.54) is 30.8 Å². The maximum atomic E-state index is 13.5. The van der Waals surface area contributed by atoms with Crippen molar-refractivity contribution in [3.63, 3.8) is 0 Å². The van der Waals surface area contributed by atoms with Crippen LogP contribution in [0.25, 0.3) is 17.1 Å². The summed E-state index contributed by atoms with van der Waals surface area (Å²) < 4.78 is 21.0. The second kappa shape index (κ2) is 10.4. The third kappa shape index (κ3) is 5.66. The van der Waals surface area contributed by atoms with Crippen molar-refractivity contribution >= 4 is 17.5 Å². The number of carbonyl (C=O) groups is 1. The molecule has 0 saturated carbocycles. The third-order valence-corrected chi connectivity index (χ3v) is 5.93. The van der Waals surface area contributed by atoms with E-state index in [1.54, 1.807) is 36.4 Å². The van der Waals surface area contributed by atoms with Gasteiger partial charge in [-0.25, -0.2) is 4.39 Å². The smallest absolute Gasteiger partial charge is 0.196 e. The maximum absolute atomic E-state index is 13.5. The van der Waals surface area contributed by atoms with Crippen molar-refractivity contribution in [3.8, 4) is 22.8 Å². The standard InChI is InChI=1S/C25H22FN3O3S/c1-17(30)18-7-13-23(14-8-18)32-15-22(31)16-33-25-28-27-24(19-5-3-2-4-6-19)29(25)21-11-9-20(26)10-12-21/h2-14,22,31H,15-16H2,1H3. The summed E-state index contributed by atoms with van der Waals surface area (Å²) in [5, 5.41) is 19.6. The second-order valence-corrected chi connectivity index (χ2v) is 8.33. The topological polar surface area (TPSA) is 77.2 Å². The van der Waals surface area contributed by atoms with Gasteiger partial charge in [-0.05, 0) is 55.5 Å². The number of aromatic nitrogens is 3. The average Bonchev–Trinajstić information content (AvgIpc) is 3.26. The fourth-order valence-electron chi connectivity index (χ4n) is 3.16. The first-order chi connectivity index (χ1) is 16.0. The average molecular weight is 464 g/mol. The Morgan fingerprint density at radius 2 is 1.73 bits per heavy atom. The highest BCUT2D eigenvalue weighted by Crippen LogP contribution is 2.28. The van der Waals surface area contributed by atoms with Crippen LogP contribution in [-0.4, -0.2) is 44.1 Å². The number of aliphatic hydroxyl groups excluding tert-OH is 1. The SMILES string of the molecule is CC(=O)c1ccc(OCC(O)CSc2nnc(-c3ccccc3)n2-c2ccc(F)cc2)cc1. The fraction of sp³-hybridized carbons (Fsp3) is 0.160. The van der Waals surface area contributed by atoms with Crippen LogP contribution in [0, 0.1) is 5.82 Å². The molecule has 1 heterocycles. The summed E-state index contributed by atoms with van der Waals surface area (Å²) in [6, 6.07) is 22.5. The molecule has 0 saturated heterocycles. The van der Waals surface area contributed by atoms with E-state index in [0.717, 1.165) is 11.3 Å². The zero-order valence-corrected chi connectivity index (χ0v) is 18.7. The quantitative estimate of drug-likeness (QED) is 0.284. The lowest BCUT2D eigenvalue weighted by atomic mass is 10.1. The highest BCUT2D eigenvalue weighted by Gasteiger charge is 2.18. The van der Waals surface area contributed by atoms with Crippen LogP contribution >= 0.6 is 11.8 Å². The Kier molecular flexibility index (Phi) is 7.16. The minimum atomic E-state index is -0.763. The molecule has 1 unspecified atom stereocenters. The molecule has 8 heteroatoms. The van der Waals surface area contributed by atoms with Gasteiger partial charge in [0.15, 0.2) is 16.8 Å². The molecule has 0 spiro atoms. The maximum Gasteiger partial charge on any atom is 0.196 e. The minimum absolute atomic E-state index is 0.0156. The van der Waals surface area contributed by atoms with Crippen molar-refractivity contribution in [3.05, 3.63) is 90.2 Å². The van der Waals surface area contributed by atoms with Gasteiger partial charge in [0.2, 0.25) is 0 Å². The molecule has 0 fully saturated rings. The number of benzene rings is 3. The van der Waals surface area contributed by atoms with E-state index in [2.05, 4.69) is 10.2 Å². The van der Waals surface area contributed by atoms with Gasteiger partial charge in [0, 0.05) is 22.6 Å². The third-order valence-electron chi connectivity index (χ3n) is 4.86. The molecule has 3 aromatic carbocycles. The number of carbonyl (C=O) groups excluding carboxylic acids is 1. The van der Waals surface area contributed by atoms with Crippen LogP contribution in [0.5, 0.6) is 5.75 Å². The second-order valence-electron chi connectivity index (χ2n) is 7.34. The molecule has 1 N–H and O–H groups in total. The molecule has 0 aliphatic carbocycles. The Morgan fingerprint density at radius 1 is 1.03 bits per heavy atom. The van der Waals surface area contributed by atoms with E-state index in [1.807, 2.05) is 34.9 Å². The van der Waals surface area contributed by atoms with Gasteiger partial charge >= 0.3 is 0 Å². The van der Waals surface area contributed by atoms with E-state index in [0.29, 0.717) is 28.0 Å². The lowest BCUT2D eigenvalue weighted by Gasteiger charge is -2.13. The molecule has 168 valence electrons. The molecule has 4 rings (SSSR count). The van der Waals surface area contributed by atoms with Gasteiger partial charge in [-0.3, -0.25) is 9.36 Å². The van der Waals surface area contributed by atoms with E-state index in [4.69, 9.17) is 4.74 Å². The predicted octanol–water partition coefficient (Wildman–Crippen LogP) is 4.81. The zero-order valence-electron chi connectivity index (χ0n) is 17.9. The Labute approximate surface area is 195 Å². The number of hydrogen-bond donors (Lipinski definition) is 1.